The van der Waals surface area contributed by atoms with Gasteiger partial charge in [-0.2, -0.15) is 0 Å². The van der Waals surface area contributed by atoms with Crippen molar-refractivity contribution in [3.63, 3.8) is 0 Å². The zero-order valence-electron chi connectivity index (χ0n) is 8.26. The SMILES string of the molecule is O=Cc1ccc(N2CCSSCC2)cn1. The number of nitrogens with zero attached hydrogens (tertiary/aromatic N) is 2. The van der Waals surface area contributed by atoms with Gasteiger partial charge >= 0.3 is 0 Å². The Morgan fingerprint density at radius 3 is 2.53 bits per heavy atom. The normalized spacial score (nSPS) is 17.2. The van der Waals surface area contributed by atoms with Crippen molar-refractivity contribution < 1.29 is 4.79 Å². The predicted molar refractivity (Wildman–Crippen MR) is 66.8 cm³/mol. The Balaban J connectivity index is 2.09. The molecule has 0 atom stereocenters. The number of aldehydes is 1. The molecule has 0 bridgehead atoms. The number of carbonyl (C=O) groups excluding carboxylic acids is 1. The average molecular weight is 240 g/mol. The topological polar surface area (TPSA) is 33.2 Å². The first-order chi connectivity index (χ1) is 7.40. The quantitative estimate of drug-likeness (QED) is 0.584. The second kappa shape index (κ2) is 5.42. The van der Waals surface area contributed by atoms with Gasteiger partial charge in [0.15, 0.2) is 6.29 Å². The molecule has 2 heterocycles. The average Bonchev–Trinajstić information content (AvgIpc) is 2.58. The molecule has 0 amide bonds. The summed E-state index contributed by atoms with van der Waals surface area (Å²) in [6.45, 7) is 2.11. The highest BCUT2D eigenvalue weighted by Crippen LogP contribution is 2.26. The molecule has 1 aromatic heterocycles. The van der Waals surface area contributed by atoms with E-state index in [1.807, 2.05) is 27.7 Å². The van der Waals surface area contributed by atoms with E-state index in [0.29, 0.717) is 5.69 Å². The minimum absolute atomic E-state index is 0.498. The van der Waals surface area contributed by atoms with E-state index in [2.05, 4.69) is 9.88 Å². The van der Waals surface area contributed by atoms with Crippen LogP contribution in [0.25, 0.3) is 0 Å². The Kier molecular flexibility index (Phi) is 3.91. The largest absolute Gasteiger partial charge is 0.369 e. The van der Waals surface area contributed by atoms with Crippen LogP contribution in [0, 0.1) is 0 Å². The lowest BCUT2D eigenvalue weighted by atomic mass is 10.3. The van der Waals surface area contributed by atoms with Crippen LogP contribution in [-0.2, 0) is 0 Å². The molecule has 0 spiro atoms. The molecule has 1 saturated heterocycles. The fraction of sp³-hybridized carbons (Fsp3) is 0.400. The molecule has 1 aliphatic heterocycles. The van der Waals surface area contributed by atoms with Gasteiger partial charge in [-0.15, -0.1) is 0 Å². The van der Waals surface area contributed by atoms with Crippen LogP contribution in [-0.4, -0.2) is 35.9 Å². The van der Waals surface area contributed by atoms with Crippen LogP contribution in [0.2, 0.25) is 0 Å². The van der Waals surface area contributed by atoms with E-state index < -0.39 is 0 Å². The molecule has 0 aromatic carbocycles. The first-order valence-corrected chi connectivity index (χ1v) is 7.29. The van der Waals surface area contributed by atoms with Crippen LogP contribution < -0.4 is 4.90 Å². The molecular weight excluding hydrogens is 228 g/mol. The lowest BCUT2D eigenvalue weighted by Gasteiger charge is -2.21. The standard InChI is InChI=1S/C10H12N2OS2/c13-8-9-1-2-10(7-11-9)12-3-5-14-15-6-4-12/h1-2,7-8H,3-6H2. The first kappa shape index (κ1) is 10.8. The molecule has 2 rings (SSSR count). The highest BCUT2D eigenvalue weighted by Gasteiger charge is 2.10. The van der Waals surface area contributed by atoms with Crippen molar-refractivity contribution in [2.24, 2.45) is 0 Å². The lowest BCUT2D eigenvalue weighted by molar-refractivity contribution is 0.111. The third-order valence-corrected chi connectivity index (χ3v) is 4.59. The number of carbonyl (C=O) groups is 1. The fourth-order valence-corrected chi connectivity index (χ4v) is 3.42. The summed E-state index contributed by atoms with van der Waals surface area (Å²) in [7, 11) is 3.84. The van der Waals surface area contributed by atoms with Crippen LogP contribution in [0.5, 0.6) is 0 Å². The van der Waals surface area contributed by atoms with Crippen LogP contribution in [0.1, 0.15) is 10.5 Å². The summed E-state index contributed by atoms with van der Waals surface area (Å²) < 4.78 is 0. The molecule has 1 aliphatic rings. The van der Waals surface area contributed by atoms with Gasteiger partial charge in [0, 0.05) is 24.6 Å². The van der Waals surface area contributed by atoms with Crippen molar-refractivity contribution >= 4 is 33.6 Å². The molecule has 80 valence electrons. The predicted octanol–water partition coefficient (Wildman–Crippen LogP) is 2.10. The molecule has 1 aromatic rings. The highest BCUT2D eigenvalue weighted by atomic mass is 33.1. The summed E-state index contributed by atoms with van der Waals surface area (Å²) in [5, 5.41) is 0. The molecule has 0 N–H and O–H groups in total. The smallest absolute Gasteiger partial charge is 0.168 e. The minimum Gasteiger partial charge on any atom is -0.369 e. The van der Waals surface area contributed by atoms with Gasteiger partial charge in [-0.25, -0.2) is 0 Å². The van der Waals surface area contributed by atoms with E-state index in [1.54, 1.807) is 12.3 Å². The summed E-state index contributed by atoms with van der Waals surface area (Å²) in [5.41, 5.74) is 1.61. The van der Waals surface area contributed by atoms with Crippen molar-refractivity contribution in [2.45, 2.75) is 0 Å². The summed E-state index contributed by atoms with van der Waals surface area (Å²) in [6, 6.07) is 3.74. The lowest BCUT2D eigenvalue weighted by Crippen LogP contribution is -2.26. The number of rotatable bonds is 2. The Bertz CT molecular complexity index is 321. The van der Waals surface area contributed by atoms with Gasteiger partial charge in [-0.3, -0.25) is 9.78 Å². The summed E-state index contributed by atoms with van der Waals surface area (Å²) in [5.74, 6) is 2.28. The van der Waals surface area contributed by atoms with Gasteiger partial charge in [0.25, 0.3) is 0 Å². The Labute approximate surface area is 97.0 Å². The van der Waals surface area contributed by atoms with Crippen LogP contribution >= 0.6 is 21.6 Å². The van der Waals surface area contributed by atoms with Crippen LogP contribution in [0.3, 0.4) is 0 Å². The second-order valence-electron chi connectivity index (χ2n) is 3.19. The molecule has 5 heteroatoms. The summed E-state index contributed by atoms with van der Waals surface area (Å²) in [4.78, 5) is 16.9. The van der Waals surface area contributed by atoms with Gasteiger partial charge in [-0.1, -0.05) is 21.6 Å². The number of aromatic nitrogens is 1. The van der Waals surface area contributed by atoms with Gasteiger partial charge in [0.2, 0.25) is 0 Å². The van der Waals surface area contributed by atoms with E-state index >= 15 is 0 Å². The van der Waals surface area contributed by atoms with E-state index in [4.69, 9.17) is 0 Å². The second-order valence-corrected chi connectivity index (χ2v) is 5.89. The van der Waals surface area contributed by atoms with Gasteiger partial charge < -0.3 is 4.90 Å². The number of hydrogen-bond acceptors (Lipinski definition) is 5. The number of pyridine rings is 1. The minimum atomic E-state index is 0.498. The van der Waals surface area contributed by atoms with Gasteiger partial charge in [0.1, 0.15) is 5.69 Å². The molecule has 15 heavy (non-hydrogen) atoms. The maximum Gasteiger partial charge on any atom is 0.168 e. The molecule has 3 nitrogen and oxygen atoms in total. The number of anilines is 1. The summed E-state index contributed by atoms with van der Waals surface area (Å²) in [6.07, 6.45) is 2.56. The van der Waals surface area contributed by atoms with Crippen molar-refractivity contribution in [2.75, 3.05) is 29.5 Å². The van der Waals surface area contributed by atoms with Crippen molar-refractivity contribution in [1.82, 2.24) is 4.98 Å². The third kappa shape index (κ3) is 2.89. The van der Waals surface area contributed by atoms with E-state index in [-0.39, 0.29) is 0 Å². The molecule has 0 aliphatic carbocycles. The molecule has 1 fully saturated rings. The van der Waals surface area contributed by atoms with Crippen LogP contribution in [0.4, 0.5) is 5.69 Å². The Morgan fingerprint density at radius 1 is 1.27 bits per heavy atom. The molecule has 0 radical (unpaired) electrons. The van der Waals surface area contributed by atoms with E-state index in [1.165, 1.54) is 0 Å². The zero-order chi connectivity index (χ0) is 10.5. The van der Waals surface area contributed by atoms with E-state index in [0.717, 1.165) is 36.6 Å². The zero-order valence-corrected chi connectivity index (χ0v) is 9.89. The third-order valence-electron chi connectivity index (χ3n) is 2.23. The maximum atomic E-state index is 10.5. The Hall–Kier alpha value is -0.680. The number of hydrogen-bond donors (Lipinski definition) is 0. The summed E-state index contributed by atoms with van der Waals surface area (Å²) >= 11 is 0. The van der Waals surface area contributed by atoms with Crippen LogP contribution in [0.15, 0.2) is 18.3 Å². The first-order valence-electron chi connectivity index (χ1n) is 4.81. The fourth-order valence-electron chi connectivity index (χ4n) is 1.44. The van der Waals surface area contributed by atoms with Gasteiger partial charge in [0.05, 0.1) is 11.9 Å². The van der Waals surface area contributed by atoms with Crippen molar-refractivity contribution in [3.05, 3.63) is 24.0 Å². The monoisotopic (exact) mass is 240 g/mol. The van der Waals surface area contributed by atoms with Crippen molar-refractivity contribution in [3.8, 4) is 0 Å². The van der Waals surface area contributed by atoms with Crippen molar-refractivity contribution in [1.29, 1.82) is 0 Å². The Morgan fingerprint density at radius 2 is 2.00 bits per heavy atom. The highest BCUT2D eigenvalue weighted by molar-refractivity contribution is 8.76. The maximum absolute atomic E-state index is 10.5. The molecule has 0 saturated carbocycles. The molecule has 0 unspecified atom stereocenters. The van der Waals surface area contributed by atoms with Gasteiger partial charge in [-0.05, 0) is 12.1 Å². The van der Waals surface area contributed by atoms with E-state index in [9.17, 15) is 4.79 Å². The molecular formula is C10H12N2OS2.